The molecule has 0 aromatic rings. The van der Waals surface area contributed by atoms with Crippen LogP contribution in [0.25, 0.3) is 0 Å². The molecule has 16 valence electrons. The molecule has 0 unspecified atom stereocenters. The second-order valence-electron chi connectivity index (χ2n) is 0. The summed E-state index contributed by atoms with van der Waals surface area (Å²) in [7, 11) is 0. The van der Waals surface area contributed by atoms with Gasteiger partial charge in [0.1, 0.15) is 0 Å². The van der Waals surface area contributed by atoms with Crippen molar-refractivity contribution in [1.29, 1.82) is 0 Å². The van der Waals surface area contributed by atoms with E-state index in [1.807, 2.05) is 0 Å². The number of rotatable bonds is 0. The fraction of sp³-hybridized carbons (Fsp3) is 0. The van der Waals surface area contributed by atoms with Gasteiger partial charge in [0.2, 0.25) is 0 Å². The Bertz CT molecular complexity index is 7.61. The maximum absolute atomic E-state index is 0. The summed E-state index contributed by atoms with van der Waals surface area (Å²) >= 11 is 0. The van der Waals surface area contributed by atoms with E-state index in [2.05, 4.69) is 0 Å². The van der Waals surface area contributed by atoms with E-state index in [0.717, 1.165) is 0 Å². The molecule has 0 radical (unpaired) electrons. The second-order valence-corrected chi connectivity index (χ2v) is 0. The van der Waals surface area contributed by atoms with Crippen molar-refractivity contribution in [3.63, 3.8) is 0 Å². The minimum atomic E-state index is 0. The minimum Gasteiger partial charge on any atom is -2.00 e. The van der Waals surface area contributed by atoms with E-state index < -0.39 is 0 Å². The first-order valence-electron chi connectivity index (χ1n) is 0. The zero-order valence-electron chi connectivity index (χ0n) is 2.26. The Hall–Kier alpha value is 2.09. The summed E-state index contributed by atoms with van der Waals surface area (Å²) in [6.07, 6.45) is 0. The molecule has 0 bridgehead atoms. The molecule has 5 heavy (non-hydrogen) atoms. The van der Waals surface area contributed by atoms with Gasteiger partial charge in [-0.3, -0.25) is 0 Å². The van der Waals surface area contributed by atoms with Crippen molar-refractivity contribution >= 4 is 0 Å². The van der Waals surface area contributed by atoms with Gasteiger partial charge in [-0.1, -0.05) is 0 Å². The van der Waals surface area contributed by atoms with E-state index in [0.29, 0.717) is 0 Å². The van der Waals surface area contributed by atoms with Crippen LogP contribution < -0.4 is 0 Å². The maximum Gasteiger partial charge on any atom is 5.00 e. The fourth-order valence-electron chi connectivity index (χ4n) is 0. The molecule has 0 saturated heterocycles. The Morgan fingerprint density at radius 2 is 0.600 bits per heavy atom. The van der Waals surface area contributed by atoms with Crippen LogP contribution in [-0.4, -0.2) is 0 Å². The molecule has 0 fully saturated rings. The molecule has 0 amide bonds. The topological polar surface area (TPSA) is 57.0 Å². The molecule has 0 aliphatic rings. The summed E-state index contributed by atoms with van der Waals surface area (Å²) < 4.78 is 0. The van der Waals surface area contributed by atoms with Gasteiger partial charge in [-0.15, -0.1) is 0 Å². The molecular formula is NbO2Ti2+9. The normalized spacial score (nSPS) is 0. The molecule has 2 nitrogen and oxygen atoms in total. The molecule has 0 spiro atoms. The van der Waals surface area contributed by atoms with Gasteiger partial charge in [0, 0.05) is 0 Å². The van der Waals surface area contributed by atoms with Gasteiger partial charge in [-0.25, -0.2) is 0 Å². The quantitative estimate of drug-likeness (QED) is 0.506. The summed E-state index contributed by atoms with van der Waals surface area (Å²) in [4.78, 5) is 0. The Labute approximate surface area is 76.0 Å². The molecule has 0 saturated carbocycles. The molecule has 0 atom stereocenters. The largest absolute Gasteiger partial charge is 5.00 e. The van der Waals surface area contributed by atoms with Crippen molar-refractivity contribution in [2.24, 2.45) is 0 Å². The van der Waals surface area contributed by atoms with Crippen molar-refractivity contribution in [2.75, 3.05) is 0 Å². The third-order valence-electron chi connectivity index (χ3n) is 0. The third kappa shape index (κ3) is 23.3. The van der Waals surface area contributed by atoms with Gasteiger partial charge in [0.15, 0.2) is 0 Å². The summed E-state index contributed by atoms with van der Waals surface area (Å²) in [5, 5.41) is 0. The summed E-state index contributed by atoms with van der Waals surface area (Å²) in [5.41, 5.74) is 0. The fourth-order valence-corrected chi connectivity index (χ4v) is 0. The van der Waals surface area contributed by atoms with Crippen LogP contribution in [0.1, 0.15) is 0 Å². The molecule has 0 aromatic heterocycles. The zero-order valence-corrected chi connectivity index (χ0v) is 7.59. The van der Waals surface area contributed by atoms with E-state index in [9.17, 15) is 0 Å². The monoisotopic (exact) mass is 221 g/mol. The molecule has 0 aromatic carbocycles. The smallest absolute Gasteiger partial charge is 2.00 e. The van der Waals surface area contributed by atoms with Crippen LogP contribution in [0.15, 0.2) is 0 Å². The molecule has 0 aliphatic carbocycles. The third-order valence-corrected chi connectivity index (χ3v) is 0. The van der Waals surface area contributed by atoms with Gasteiger partial charge in [0.25, 0.3) is 0 Å². The zero-order chi connectivity index (χ0) is 0. The van der Waals surface area contributed by atoms with Crippen molar-refractivity contribution < 1.29 is 76.8 Å². The summed E-state index contributed by atoms with van der Waals surface area (Å²) in [5.74, 6) is 0. The maximum atomic E-state index is 0. The number of hydrogen-bond acceptors (Lipinski definition) is 0. The van der Waals surface area contributed by atoms with Crippen LogP contribution in [-0.2, 0) is 76.8 Å². The van der Waals surface area contributed by atoms with Crippen LogP contribution in [0.4, 0.5) is 0 Å². The van der Waals surface area contributed by atoms with Crippen molar-refractivity contribution in [2.45, 2.75) is 0 Å². The minimum absolute atomic E-state index is 0. The van der Waals surface area contributed by atoms with Crippen molar-refractivity contribution in [1.82, 2.24) is 0 Å². The van der Waals surface area contributed by atoms with Gasteiger partial charge >= 0.3 is 65.8 Å². The molecule has 0 heterocycles. The summed E-state index contributed by atoms with van der Waals surface area (Å²) in [6, 6.07) is 0. The van der Waals surface area contributed by atoms with E-state index >= 15 is 0 Å². The van der Waals surface area contributed by atoms with Gasteiger partial charge in [0.05, 0.1) is 0 Å². The van der Waals surface area contributed by atoms with Crippen LogP contribution in [0.3, 0.4) is 0 Å². The van der Waals surface area contributed by atoms with Crippen LogP contribution in [0.5, 0.6) is 0 Å². The molecular weight excluding hydrogens is 221 g/mol. The van der Waals surface area contributed by atoms with Crippen LogP contribution >= 0.6 is 0 Å². The standard InChI is InChI=1S/Nb.2O.2Ti/q+5;2*-2;2*+4. The van der Waals surface area contributed by atoms with E-state index in [1.165, 1.54) is 0 Å². The Morgan fingerprint density at radius 1 is 0.600 bits per heavy atom. The van der Waals surface area contributed by atoms with Gasteiger partial charge in [-0.05, 0) is 0 Å². The first-order valence-corrected chi connectivity index (χ1v) is 0. The predicted octanol–water partition coefficient (Wildman–Crippen LogP) is -0.245. The SMILES string of the molecule is [Nb+5].[O-2].[O-2].[Ti+4].[Ti+4]. The van der Waals surface area contributed by atoms with Crippen LogP contribution in [0, 0.1) is 0 Å². The predicted molar refractivity (Wildman–Crippen MR) is 1.37 cm³/mol. The van der Waals surface area contributed by atoms with E-state index in [1.54, 1.807) is 0 Å². The first-order chi connectivity index (χ1) is 0. The Kier molecular flexibility index (Phi) is 435. The summed E-state index contributed by atoms with van der Waals surface area (Å²) in [6.45, 7) is 0. The van der Waals surface area contributed by atoms with Gasteiger partial charge < -0.3 is 11.0 Å². The van der Waals surface area contributed by atoms with Crippen LogP contribution in [0.2, 0.25) is 0 Å². The average molecular weight is 221 g/mol. The second kappa shape index (κ2) is 36.1. The molecule has 5 heteroatoms. The Balaban J connectivity index is 0. The molecule has 0 aliphatic heterocycles. The van der Waals surface area contributed by atoms with E-state index in [-0.39, 0.29) is 76.8 Å². The molecule has 0 N–H and O–H groups in total. The van der Waals surface area contributed by atoms with Crippen molar-refractivity contribution in [3.05, 3.63) is 0 Å². The van der Waals surface area contributed by atoms with E-state index in [4.69, 9.17) is 0 Å². The number of hydrogen-bond donors (Lipinski definition) is 0. The average Bonchev–Trinajstić information content (AvgIpc) is 0. The Morgan fingerprint density at radius 3 is 0.600 bits per heavy atom. The molecule has 0 rings (SSSR count). The van der Waals surface area contributed by atoms with Gasteiger partial charge in [-0.2, -0.15) is 0 Å². The van der Waals surface area contributed by atoms with Crippen molar-refractivity contribution in [3.8, 4) is 0 Å². The first kappa shape index (κ1) is 60.2.